The van der Waals surface area contributed by atoms with Gasteiger partial charge in [0.25, 0.3) is 5.91 Å². The maximum atomic E-state index is 12.9. The first-order valence-electron chi connectivity index (χ1n) is 7.37. The number of hydrogen-bond donors (Lipinski definition) is 2. The molecular formula is C16H20N2O4. The molecule has 2 fully saturated rings. The summed E-state index contributed by atoms with van der Waals surface area (Å²) >= 11 is 0. The number of carbonyl (C=O) groups is 2. The van der Waals surface area contributed by atoms with Crippen molar-refractivity contribution in [2.75, 3.05) is 20.2 Å². The zero-order valence-electron chi connectivity index (χ0n) is 12.5. The van der Waals surface area contributed by atoms with Gasteiger partial charge >= 0.3 is 0 Å². The van der Waals surface area contributed by atoms with Crippen molar-refractivity contribution in [3.8, 4) is 5.75 Å². The van der Waals surface area contributed by atoms with E-state index in [0.29, 0.717) is 12.3 Å². The van der Waals surface area contributed by atoms with Gasteiger partial charge < -0.3 is 20.5 Å². The van der Waals surface area contributed by atoms with E-state index in [1.165, 1.54) is 0 Å². The van der Waals surface area contributed by atoms with Crippen LogP contribution in [0.3, 0.4) is 0 Å². The lowest BCUT2D eigenvalue weighted by Gasteiger charge is -2.25. The van der Waals surface area contributed by atoms with Gasteiger partial charge in [0, 0.05) is 13.0 Å². The van der Waals surface area contributed by atoms with Crippen molar-refractivity contribution in [1.29, 1.82) is 0 Å². The summed E-state index contributed by atoms with van der Waals surface area (Å²) in [6, 6.07) is 7.50. The predicted octanol–water partition coefficient (Wildman–Crippen LogP) is 0.175. The fourth-order valence-electron chi connectivity index (χ4n) is 3.14. The number of amides is 2. The Morgan fingerprint density at radius 2 is 2.05 bits per heavy atom. The van der Waals surface area contributed by atoms with E-state index in [0.717, 1.165) is 18.4 Å². The fraction of sp³-hybridized carbons (Fsp3) is 0.500. The van der Waals surface area contributed by atoms with Crippen molar-refractivity contribution in [1.82, 2.24) is 4.90 Å². The average molecular weight is 304 g/mol. The minimum absolute atomic E-state index is 0.0209. The molecule has 1 saturated carbocycles. The number of hydrogen-bond acceptors (Lipinski definition) is 4. The van der Waals surface area contributed by atoms with Crippen LogP contribution in [-0.2, 0) is 15.0 Å². The van der Waals surface area contributed by atoms with Gasteiger partial charge in [-0.05, 0) is 30.5 Å². The summed E-state index contributed by atoms with van der Waals surface area (Å²) in [5.74, 6) is -0.0985. The average Bonchev–Trinajstić information content (AvgIpc) is 3.23. The Balaban J connectivity index is 1.82. The zero-order valence-corrected chi connectivity index (χ0v) is 12.5. The van der Waals surface area contributed by atoms with Crippen molar-refractivity contribution in [2.45, 2.75) is 30.3 Å². The Kier molecular flexibility index (Phi) is 3.36. The molecule has 1 saturated heterocycles. The highest BCUT2D eigenvalue weighted by atomic mass is 16.5. The van der Waals surface area contributed by atoms with Crippen LogP contribution in [0.2, 0.25) is 0 Å². The highest BCUT2D eigenvalue weighted by molar-refractivity contribution is 5.93. The minimum Gasteiger partial charge on any atom is -0.497 e. The largest absolute Gasteiger partial charge is 0.497 e. The molecule has 0 bridgehead atoms. The monoisotopic (exact) mass is 304 g/mol. The number of nitrogens with zero attached hydrogens (tertiary/aromatic N) is 1. The van der Waals surface area contributed by atoms with E-state index >= 15 is 0 Å². The predicted molar refractivity (Wildman–Crippen MR) is 79.2 cm³/mol. The highest BCUT2D eigenvalue weighted by Gasteiger charge is 2.55. The molecule has 1 unspecified atom stereocenters. The minimum atomic E-state index is -1.60. The number of likely N-dealkylation sites (tertiary alicyclic amines) is 1. The summed E-state index contributed by atoms with van der Waals surface area (Å²) in [6.45, 7) is 0.330. The number of methoxy groups -OCH3 is 1. The summed E-state index contributed by atoms with van der Waals surface area (Å²) in [6.07, 6.45) is 1.73. The Bertz CT molecular complexity index is 626. The molecule has 0 spiro atoms. The lowest BCUT2D eigenvalue weighted by molar-refractivity contribution is -0.138. The molecule has 2 aliphatic rings. The maximum absolute atomic E-state index is 12.9. The molecule has 1 aromatic carbocycles. The summed E-state index contributed by atoms with van der Waals surface area (Å²) < 4.78 is 5.22. The van der Waals surface area contributed by atoms with E-state index in [-0.39, 0.29) is 18.9 Å². The number of β-amino-alcohol motifs (C(OH)–C–C–N with tert-alkyl or cyclic N) is 1. The third kappa shape index (κ3) is 2.23. The molecule has 0 aromatic heterocycles. The van der Waals surface area contributed by atoms with Gasteiger partial charge in [0.05, 0.1) is 19.1 Å². The van der Waals surface area contributed by atoms with Gasteiger partial charge in [-0.1, -0.05) is 12.1 Å². The fourth-order valence-corrected chi connectivity index (χ4v) is 3.14. The summed E-state index contributed by atoms with van der Waals surface area (Å²) in [4.78, 5) is 25.7. The molecule has 22 heavy (non-hydrogen) atoms. The third-order valence-electron chi connectivity index (χ3n) is 4.78. The number of benzene rings is 1. The molecule has 118 valence electrons. The van der Waals surface area contributed by atoms with Gasteiger partial charge in [0.2, 0.25) is 5.91 Å². The first-order chi connectivity index (χ1) is 10.4. The molecule has 1 aliphatic carbocycles. The molecule has 1 aliphatic heterocycles. The molecular weight excluding hydrogens is 284 g/mol. The standard InChI is InChI=1S/C16H20N2O4/c1-22-12-4-2-3-11(9-12)15(5-6-15)14(20)18-8-7-16(21,10-18)13(17)19/h2-4,9,21H,5-8,10H2,1H3,(H2,17,19). The van der Waals surface area contributed by atoms with Crippen LogP contribution in [0.4, 0.5) is 0 Å². The van der Waals surface area contributed by atoms with Gasteiger partial charge in [0.15, 0.2) is 5.60 Å². The molecule has 1 heterocycles. The van der Waals surface area contributed by atoms with Gasteiger partial charge in [-0.3, -0.25) is 9.59 Å². The van der Waals surface area contributed by atoms with Crippen molar-refractivity contribution in [3.05, 3.63) is 29.8 Å². The second kappa shape index (κ2) is 4.98. The van der Waals surface area contributed by atoms with Crippen molar-refractivity contribution >= 4 is 11.8 Å². The number of rotatable bonds is 4. The van der Waals surface area contributed by atoms with Crippen molar-refractivity contribution in [2.24, 2.45) is 5.73 Å². The topological polar surface area (TPSA) is 92.9 Å². The van der Waals surface area contributed by atoms with Gasteiger partial charge in [0.1, 0.15) is 5.75 Å². The molecule has 1 atom stereocenters. The number of nitrogens with two attached hydrogens (primary N) is 1. The van der Waals surface area contributed by atoms with Crippen LogP contribution >= 0.6 is 0 Å². The molecule has 3 rings (SSSR count). The lowest BCUT2D eigenvalue weighted by Crippen LogP contribution is -2.48. The van der Waals surface area contributed by atoms with E-state index < -0.39 is 16.9 Å². The van der Waals surface area contributed by atoms with Crippen LogP contribution in [0.1, 0.15) is 24.8 Å². The van der Waals surface area contributed by atoms with Gasteiger partial charge in [-0.2, -0.15) is 0 Å². The molecule has 0 radical (unpaired) electrons. The van der Waals surface area contributed by atoms with Gasteiger partial charge in [-0.15, -0.1) is 0 Å². The van der Waals surface area contributed by atoms with Crippen LogP contribution in [0.15, 0.2) is 24.3 Å². The Labute approximate surface area is 128 Å². The normalized spacial score (nSPS) is 25.8. The second-order valence-corrected chi connectivity index (χ2v) is 6.19. The Hall–Kier alpha value is -2.08. The van der Waals surface area contributed by atoms with E-state index in [4.69, 9.17) is 10.5 Å². The van der Waals surface area contributed by atoms with Crippen LogP contribution in [0, 0.1) is 0 Å². The van der Waals surface area contributed by atoms with Crippen molar-refractivity contribution in [3.63, 3.8) is 0 Å². The zero-order chi connectivity index (χ0) is 16.0. The van der Waals surface area contributed by atoms with E-state index in [2.05, 4.69) is 0 Å². The quantitative estimate of drug-likeness (QED) is 0.829. The molecule has 1 aromatic rings. The summed E-state index contributed by atoms with van der Waals surface area (Å²) in [5, 5.41) is 10.1. The van der Waals surface area contributed by atoms with Crippen LogP contribution in [0.25, 0.3) is 0 Å². The Morgan fingerprint density at radius 1 is 1.32 bits per heavy atom. The third-order valence-corrected chi connectivity index (χ3v) is 4.78. The number of aliphatic hydroxyl groups is 1. The maximum Gasteiger partial charge on any atom is 0.251 e. The first-order valence-corrected chi connectivity index (χ1v) is 7.37. The summed E-state index contributed by atoms with van der Waals surface area (Å²) in [5.41, 5.74) is 4.01. The molecule has 2 amide bonds. The number of carbonyl (C=O) groups excluding carboxylic acids is 2. The lowest BCUT2D eigenvalue weighted by atomic mass is 9.94. The molecule has 6 heteroatoms. The smallest absolute Gasteiger partial charge is 0.251 e. The Morgan fingerprint density at radius 3 is 2.59 bits per heavy atom. The number of primary amides is 1. The van der Waals surface area contributed by atoms with E-state index in [1.54, 1.807) is 12.0 Å². The highest BCUT2D eigenvalue weighted by Crippen LogP contribution is 2.50. The van der Waals surface area contributed by atoms with Gasteiger partial charge in [-0.25, -0.2) is 0 Å². The van der Waals surface area contributed by atoms with Crippen LogP contribution in [-0.4, -0.2) is 47.6 Å². The van der Waals surface area contributed by atoms with Crippen LogP contribution in [0.5, 0.6) is 5.75 Å². The van der Waals surface area contributed by atoms with E-state index in [1.807, 2.05) is 24.3 Å². The molecule has 3 N–H and O–H groups in total. The molecule has 6 nitrogen and oxygen atoms in total. The summed E-state index contributed by atoms with van der Waals surface area (Å²) in [7, 11) is 1.59. The van der Waals surface area contributed by atoms with Crippen molar-refractivity contribution < 1.29 is 19.4 Å². The first kappa shape index (κ1) is 14.8. The van der Waals surface area contributed by atoms with Crippen LogP contribution < -0.4 is 10.5 Å². The SMILES string of the molecule is COc1cccc(C2(C(=O)N3CCC(O)(C(N)=O)C3)CC2)c1. The second-order valence-electron chi connectivity index (χ2n) is 6.19. The number of ether oxygens (including phenoxy) is 1. The van der Waals surface area contributed by atoms with E-state index in [9.17, 15) is 14.7 Å².